The third kappa shape index (κ3) is 6.17. The van der Waals surface area contributed by atoms with Gasteiger partial charge in [-0.2, -0.15) is 0 Å². The van der Waals surface area contributed by atoms with Crippen LogP contribution in [-0.2, 0) is 11.3 Å². The first-order valence-electron chi connectivity index (χ1n) is 9.22. The number of allylic oxidation sites excluding steroid dienone is 1. The van der Waals surface area contributed by atoms with Crippen LogP contribution in [0.25, 0.3) is 0 Å². The molecule has 6 nitrogen and oxygen atoms in total. The first kappa shape index (κ1) is 23.5. The molecule has 1 heterocycles. The van der Waals surface area contributed by atoms with Crippen molar-refractivity contribution in [3.63, 3.8) is 0 Å². The van der Waals surface area contributed by atoms with E-state index in [1.807, 2.05) is 23.6 Å². The van der Waals surface area contributed by atoms with E-state index < -0.39 is 6.10 Å². The molecule has 10 heteroatoms. The minimum atomic E-state index is -0.393. The molecule has 0 saturated heterocycles. The SMILES string of the molecule is C=CCn1c(SCC(=O)Nc2c(Cl)cccc2Cl)nnc1C(C)Oc1cccc(Cl)c1. The lowest BCUT2D eigenvalue weighted by atomic mass is 10.3. The van der Waals surface area contributed by atoms with Crippen LogP contribution in [0, 0.1) is 0 Å². The zero-order valence-corrected chi connectivity index (χ0v) is 19.6. The second-order valence-electron chi connectivity index (χ2n) is 6.39. The van der Waals surface area contributed by atoms with Gasteiger partial charge >= 0.3 is 0 Å². The Balaban J connectivity index is 1.69. The number of para-hydroxylation sites is 1. The molecule has 1 atom stereocenters. The predicted octanol–water partition coefficient (Wildman–Crippen LogP) is 6.30. The predicted molar refractivity (Wildman–Crippen MR) is 127 cm³/mol. The first-order valence-corrected chi connectivity index (χ1v) is 11.3. The molecule has 0 aliphatic heterocycles. The molecular formula is C21H19Cl3N4O2S. The Morgan fingerprint density at radius 3 is 2.61 bits per heavy atom. The molecule has 31 heavy (non-hydrogen) atoms. The van der Waals surface area contributed by atoms with Crippen molar-refractivity contribution < 1.29 is 9.53 Å². The lowest BCUT2D eigenvalue weighted by Gasteiger charge is -2.16. The highest BCUT2D eigenvalue weighted by Crippen LogP contribution is 2.30. The number of nitrogens with one attached hydrogen (secondary N) is 1. The number of benzene rings is 2. The molecule has 0 saturated carbocycles. The van der Waals surface area contributed by atoms with E-state index in [1.54, 1.807) is 36.4 Å². The number of rotatable bonds is 9. The van der Waals surface area contributed by atoms with E-state index in [-0.39, 0.29) is 11.7 Å². The lowest BCUT2D eigenvalue weighted by Crippen LogP contribution is -2.16. The van der Waals surface area contributed by atoms with Crippen molar-refractivity contribution in [1.29, 1.82) is 0 Å². The van der Waals surface area contributed by atoms with Gasteiger partial charge in [0, 0.05) is 11.6 Å². The molecule has 3 aromatic rings. The van der Waals surface area contributed by atoms with Crippen LogP contribution in [0.2, 0.25) is 15.1 Å². The van der Waals surface area contributed by atoms with Crippen LogP contribution in [0.3, 0.4) is 0 Å². The molecule has 0 fully saturated rings. The molecule has 2 aromatic carbocycles. The Morgan fingerprint density at radius 1 is 1.23 bits per heavy atom. The molecule has 0 radical (unpaired) electrons. The molecule has 0 aliphatic rings. The molecule has 1 amide bonds. The second-order valence-corrected chi connectivity index (χ2v) is 8.58. The fraction of sp³-hybridized carbons (Fsp3) is 0.190. The summed E-state index contributed by atoms with van der Waals surface area (Å²) in [5.41, 5.74) is 0.383. The molecule has 1 N–H and O–H groups in total. The number of anilines is 1. The molecular weight excluding hydrogens is 479 g/mol. The normalized spacial score (nSPS) is 11.7. The number of amides is 1. The van der Waals surface area contributed by atoms with Gasteiger partial charge in [0.2, 0.25) is 5.91 Å². The molecule has 162 valence electrons. The zero-order valence-electron chi connectivity index (χ0n) is 16.5. The van der Waals surface area contributed by atoms with Crippen LogP contribution in [0.1, 0.15) is 18.9 Å². The fourth-order valence-corrected chi connectivity index (χ4v) is 4.16. The smallest absolute Gasteiger partial charge is 0.234 e. The van der Waals surface area contributed by atoms with E-state index >= 15 is 0 Å². The maximum atomic E-state index is 12.4. The molecule has 1 unspecified atom stereocenters. The van der Waals surface area contributed by atoms with E-state index in [4.69, 9.17) is 39.5 Å². The highest BCUT2D eigenvalue weighted by atomic mass is 35.5. The van der Waals surface area contributed by atoms with Crippen molar-refractivity contribution in [2.45, 2.75) is 24.7 Å². The van der Waals surface area contributed by atoms with E-state index in [2.05, 4.69) is 22.1 Å². The van der Waals surface area contributed by atoms with Gasteiger partial charge in [-0.05, 0) is 37.3 Å². The number of nitrogens with zero attached hydrogens (tertiary/aromatic N) is 3. The summed E-state index contributed by atoms with van der Waals surface area (Å²) in [7, 11) is 0. The number of hydrogen-bond acceptors (Lipinski definition) is 5. The van der Waals surface area contributed by atoms with Gasteiger partial charge < -0.3 is 10.1 Å². The van der Waals surface area contributed by atoms with Crippen LogP contribution in [0.5, 0.6) is 5.75 Å². The van der Waals surface area contributed by atoms with Gasteiger partial charge in [0.05, 0.1) is 21.5 Å². The van der Waals surface area contributed by atoms with E-state index in [1.165, 1.54) is 11.8 Å². The van der Waals surface area contributed by atoms with Crippen molar-refractivity contribution in [2.24, 2.45) is 0 Å². The fourth-order valence-electron chi connectivity index (χ4n) is 2.73. The monoisotopic (exact) mass is 496 g/mol. The van der Waals surface area contributed by atoms with E-state index in [0.717, 1.165) is 0 Å². The van der Waals surface area contributed by atoms with Gasteiger partial charge in [0.25, 0.3) is 0 Å². The average Bonchev–Trinajstić information content (AvgIpc) is 3.12. The largest absolute Gasteiger partial charge is 0.483 e. The maximum absolute atomic E-state index is 12.4. The molecule has 0 aliphatic carbocycles. The van der Waals surface area contributed by atoms with Crippen LogP contribution in [0.15, 0.2) is 60.3 Å². The van der Waals surface area contributed by atoms with Crippen LogP contribution in [-0.4, -0.2) is 26.4 Å². The van der Waals surface area contributed by atoms with Crippen molar-refractivity contribution in [3.8, 4) is 5.75 Å². The molecule has 0 bridgehead atoms. The lowest BCUT2D eigenvalue weighted by molar-refractivity contribution is -0.113. The average molecular weight is 498 g/mol. The van der Waals surface area contributed by atoms with Gasteiger partial charge in [0.1, 0.15) is 5.75 Å². The van der Waals surface area contributed by atoms with Gasteiger partial charge in [0.15, 0.2) is 17.1 Å². The van der Waals surface area contributed by atoms with Gasteiger partial charge in [-0.1, -0.05) is 64.8 Å². The summed E-state index contributed by atoms with van der Waals surface area (Å²) in [6.07, 6.45) is 1.34. The number of carbonyl (C=O) groups is 1. The number of aromatic nitrogens is 3. The Morgan fingerprint density at radius 2 is 1.94 bits per heavy atom. The summed E-state index contributed by atoms with van der Waals surface area (Å²) in [4.78, 5) is 12.4. The Kier molecular flexibility index (Phi) is 8.26. The third-order valence-electron chi connectivity index (χ3n) is 4.09. The zero-order chi connectivity index (χ0) is 22.4. The van der Waals surface area contributed by atoms with Gasteiger partial charge in [-0.3, -0.25) is 9.36 Å². The van der Waals surface area contributed by atoms with Gasteiger partial charge in [-0.15, -0.1) is 16.8 Å². The summed E-state index contributed by atoms with van der Waals surface area (Å²) in [6.45, 7) is 6.12. The first-order chi connectivity index (χ1) is 14.9. The highest BCUT2D eigenvalue weighted by Gasteiger charge is 2.20. The van der Waals surface area contributed by atoms with Crippen LogP contribution < -0.4 is 10.1 Å². The van der Waals surface area contributed by atoms with E-state index in [0.29, 0.717) is 44.0 Å². The topological polar surface area (TPSA) is 69.0 Å². The molecule has 3 rings (SSSR count). The van der Waals surface area contributed by atoms with Crippen LogP contribution >= 0.6 is 46.6 Å². The standard InChI is InChI=1S/C21H19Cl3N4O2S/c1-3-10-28-20(13(2)30-15-7-4-6-14(22)11-15)26-27-21(28)31-12-18(29)25-19-16(23)8-5-9-17(19)24/h3-9,11,13H,1,10,12H2,2H3,(H,25,29). The molecule has 0 spiro atoms. The molecule has 1 aromatic heterocycles. The van der Waals surface area contributed by atoms with Crippen molar-refractivity contribution in [2.75, 3.05) is 11.1 Å². The highest BCUT2D eigenvalue weighted by molar-refractivity contribution is 7.99. The quantitative estimate of drug-likeness (QED) is 0.278. The minimum absolute atomic E-state index is 0.0976. The maximum Gasteiger partial charge on any atom is 0.234 e. The number of halogens is 3. The number of carbonyl (C=O) groups excluding carboxylic acids is 1. The number of thioether (sulfide) groups is 1. The van der Waals surface area contributed by atoms with E-state index in [9.17, 15) is 4.79 Å². The van der Waals surface area contributed by atoms with Crippen LogP contribution in [0.4, 0.5) is 5.69 Å². The summed E-state index contributed by atoms with van der Waals surface area (Å²) < 4.78 is 7.80. The Labute approximate surface area is 199 Å². The van der Waals surface area contributed by atoms with Crippen molar-refractivity contribution in [1.82, 2.24) is 14.8 Å². The number of ether oxygens (including phenoxy) is 1. The minimum Gasteiger partial charge on any atom is -0.483 e. The summed E-state index contributed by atoms with van der Waals surface area (Å²) >= 11 is 19.5. The Hall–Kier alpha value is -2.19. The summed E-state index contributed by atoms with van der Waals surface area (Å²) in [6, 6.07) is 12.2. The Bertz CT molecular complexity index is 1070. The summed E-state index contributed by atoms with van der Waals surface area (Å²) in [5.74, 6) is 1.06. The van der Waals surface area contributed by atoms with Gasteiger partial charge in [-0.25, -0.2) is 0 Å². The summed E-state index contributed by atoms with van der Waals surface area (Å²) in [5, 5.41) is 13.1. The number of hydrogen-bond donors (Lipinski definition) is 1. The van der Waals surface area contributed by atoms with Crippen molar-refractivity contribution >= 4 is 58.2 Å². The van der Waals surface area contributed by atoms with Crippen molar-refractivity contribution in [3.05, 3.63) is 76.0 Å². The second kappa shape index (κ2) is 10.9. The third-order valence-corrected chi connectivity index (χ3v) is 5.92.